The van der Waals surface area contributed by atoms with Crippen LogP contribution < -0.4 is 5.32 Å². The van der Waals surface area contributed by atoms with Crippen molar-refractivity contribution in [2.45, 2.75) is 26.7 Å². The van der Waals surface area contributed by atoms with Gasteiger partial charge in [-0.15, -0.1) is 0 Å². The fourth-order valence-electron chi connectivity index (χ4n) is 1.58. The zero-order valence-corrected chi connectivity index (χ0v) is 8.63. The minimum atomic E-state index is 0.183. The molecule has 1 aromatic rings. The Morgan fingerprint density at radius 1 is 1.29 bits per heavy atom. The summed E-state index contributed by atoms with van der Waals surface area (Å²) in [4.78, 5) is 11.6. The van der Waals surface area contributed by atoms with E-state index in [1.807, 2.05) is 32.0 Å². The maximum absolute atomic E-state index is 11.6. The number of amides is 1. The normalized spacial score (nSPS) is 15.3. The second-order valence-corrected chi connectivity index (χ2v) is 4.03. The first-order valence-corrected chi connectivity index (χ1v) is 5.05. The molecular weight excluding hydrogens is 174 g/mol. The summed E-state index contributed by atoms with van der Waals surface area (Å²) in [7, 11) is 0. The van der Waals surface area contributed by atoms with E-state index in [2.05, 4.69) is 5.32 Å². The summed E-state index contributed by atoms with van der Waals surface area (Å²) in [6, 6.07) is 6.06. The van der Waals surface area contributed by atoms with Crippen LogP contribution in [0.4, 0.5) is 5.69 Å². The lowest BCUT2D eigenvalue weighted by Crippen LogP contribution is -2.14. The SMILES string of the molecule is Cc1cccc(C)c1NC(=O)C1CC1. The van der Waals surface area contributed by atoms with Crippen LogP contribution in [0.3, 0.4) is 0 Å². The Morgan fingerprint density at radius 2 is 1.86 bits per heavy atom. The lowest BCUT2D eigenvalue weighted by molar-refractivity contribution is -0.117. The zero-order valence-electron chi connectivity index (χ0n) is 8.63. The number of hydrogen-bond donors (Lipinski definition) is 1. The molecule has 74 valence electrons. The van der Waals surface area contributed by atoms with Gasteiger partial charge >= 0.3 is 0 Å². The standard InChI is InChI=1S/C12H15NO/c1-8-4-3-5-9(2)11(8)13-12(14)10-6-7-10/h3-5,10H,6-7H2,1-2H3,(H,13,14). The smallest absolute Gasteiger partial charge is 0.227 e. The molecule has 1 saturated carbocycles. The fraction of sp³-hybridized carbons (Fsp3) is 0.417. The minimum absolute atomic E-state index is 0.183. The highest BCUT2D eigenvalue weighted by Crippen LogP contribution is 2.31. The summed E-state index contributed by atoms with van der Waals surface area (Å²) < 4.78 is 0. The predicted octanol–water partition coefficient (Wildman–Crippen LogP) is 2.65. The molecule has 1 aliphatic rings. The molecule has 1 aromatic carbocycles. The van der Waals surface area contributed by atoms with Crippen LogP contribution >= 0.6 is 0 Å². The molecule has 14 heavy (non-hydrogen) atoms. The number of anilines is 1. The van der Waals surface area contributed by atoms with Gasteiger partial charge in [0.15, 0.2) is 0 Å². The summed E-state index contributed by atoms with van der Waals surface area (Å²) >= 11 is 0. The van der Waals surface area contributed by atoms with Crippen molar-refractivity contribution < 1.29 is 4.79 Å². The Hall–Kier alpha value is -1.31. The van der Waals surface area contributed by atoms with Gasteiger partial charge in [-0.3, -0.25) is 4.79 Å². The van der Waals surface area contributed by atoms with Gasteiger partial charge in [-0.2, -0.15) is 0 Å². The van der Waals surface area contributed by atoms with Gasteiger partial charge in [0, 0.05) is 11.6 Å². The molecule has 1 N–H and O–H groups in total. The summed E-state index contributed by atoms with van der Waals surface area (Å²) in [6.45, 7) is 4.05. The number of carbonyl (C=O) groups is 1. The minimum Gasteiger partial charge on any atom is -0.325 e. The highest BCUT2D eigenvalue weighted by atomic mass is 16.2. The van der Waals surface area contributed by atoms with Crippen LogP contribution in [0.1, 0.15) is 24.0 Å². The van der Waals surface area contributed by atoms with Crippen molar-refractivity contribution in [1.82, 2.24) is 0 Å². The number of nitrogens with one attached hydrogen (secondary N) is 1. The van der Waals surface area contributed by atoms with E-state index < -0.39 is 0 Å². The van der Waals surface area contributed by atoms with Crippen LogP contribution in [0.5, 0.6) is 0 Å². The molecule has 0 heterocycles. The average Bonchev–Trinajstić information content (AvgIpc) is 2.94. The van der Waals surface area contributed by atoms with Crippen molar-refractivity contribution in [1.29, 1.82) is 0 Å². The monoisotopic (exact) mass is 189 g/mol. The van der Waals surface area contributed by atoms with Crippen LogP contribution in [0.15, 0.2) is 18.2 Å². The van der Waals surface area contributed by atoms with E-state index >= 15 is 0 Å². The maximum Gasteiger partial charge on any atom is 0.227 e. The fourth-order valence-corrected chi connectivity index (χ4v) is 1.58. The van der Waals surface area contributed by atoms with Crippen LogP contribution in [0.25, 0.3) is 0 Å². The molecule has 0 saturated heterocycles. The molecule has 2 heteroatoms. The van der Waals surface area contributed by atoms with Crippen LogP contribution in [0, 0.1) is 19.8 Å². The van der Waals surface area contributed by atoms with E-state index in [0.29, 0.717) is 0 Å². The van der Waals surface area contributed by atoms with E-state index in [-0.39, 0.29) is 11.8 Å². The summed E-state index contributed by atoms with van der Waals surface area (Å²) in [5.41, 5.74) is 3.27. The molecule has 0 unspecified atom stereocenters. The third-order valence-electron chi connectivity index (χ3n) is 2.68. The van der Waals surface area contributed by atoms with Gasteiger partial charge in [0.1, 0.15) is 0 Å². The molecule has 1 amide bonds. The van der Waals surface area contributed by atoms with Crippen molar-refractivity contribution in [3.05, 3.63) is 29.3 Å². The van der Waals surface area contributed by atoms with Crippen LogP contribution in [-0.2, 0) is 4.79 Å². The Bertz CT molecular complexity index is 346. The van der Waals surface area contributed by atoms with Crippen molar-refractivity contribution in [2.24, 2.45) is 5.92 Å². The number of para-hydroxylation sites is 1. The summed E-state index contributed by atoms with van der Waals surface area (Å²) in [5.74, 6) is 0.455. The first-order valence-electron chi connectivity index (χ1n) is 5.05. The molecule has 0 atom stereocenters. The van der Waals surface area contributed by atoms with E-state index in [9.17, 15) is 4.79 Å². The Balaban J connectivity index is 2.18. The molecule has 0 spiro atoms. The molecule has 0 aromatic heterocycles. The zero-order chi connectivity index (χ0) is 10.1. The third-order valence-corrected chi connectivity index (χ3v) is 2.68. The van der Waals surface area contributed by atoms with Crippen LogP contribution in [0.2, 0.25) is 0 Å². The second-order valence-electron chi connectivity index (χ2n) is 4.03. The van der Waals surface area contributed by atoms with Gasteiger partial charge in [-0.25, -0.2) is 0 Å². The Morgan fingerprint density at radius 3 is 2.36 bits per heavy atom. The molecule has 0 bridgehead atoms. The van der Waals surface area contributed by atoms with E-state index in [1.54, 1.807) is 0 Å². The lowest BCUT2D eigenvalue weighted by Gasteiger charge is -2.10. The number of carbonyl (C=O) groups excluding carboxylic acids is 1. The summed E-state index contributed by atoms with van der Waals surface area (Å²) in [5, 5.41) is 3.00. The molecule has 2 nitrogen and oxygen atoms in total. The number of rotatable bonds is 2. The van der Waals surface area contributed by atoms with Crippen molar-refractivity contribution in [2.75, 3.05) is 5.32 Å². The first-order chi connectivity index (χ1) is 6.68. The number of hydrogen-bond acceptors (Lipinski definition) is 1. The first kappa shape index (κ1) is 9.25. The Kier molecular flexibility index (Phi) is 2.28. The average molecular weight is 189 g/mol. The van der Waals surface area contributed by atoms with E-state index in [0.717, 1.165) is 29.7 Å². The topological polar surface area (TPSA) is 29.1 Å². The molecular formula is C12H15NO. The molecule has 0 radical (unpaired) electrons. The second kappa shape index (κ2) is 3.45. The predicted molar refractivity (Wildman–Crippen MR) is 57.3 cm³/mol. The van der Waals surface area contributed by atoms with Gasteiger partial charge in [0.2, 0.25) is 5.91 Å². The largest absolute Gasteiger partial charge is 0.325 e. The quantitative estimate of drug-likeness (QED) is 0.761. The molecule has 1 aliphatic carbocycles. The van der Waals surface area contributed by atoms with Gasteiger partial charge < -0.3 is 5.32 Å². The Labute approximate surface area is 84.3 Å². The maximum atomic E-state index is 11.6. The van der Waals surface area contributed by atoms with Crippen molar-refractivity contribution >= 4 is 11.6 Å². The molecule has 0 aliphatic heterocycles. The highest BCUT2D eigenvalue weighted by Gasteiger charge is 2.29. The number of benzene rings is 1. The van der Waals surface area contributed by atoms with Gasteiger partial charge in [-0.1, -0.05) is 18.2 Å². The van der Waals surface area contributed by atoms with Crippen LogP contribution in [-0.4, -0.2) is 5.91 Å². The van der Waals surface area contributed by atoms with Crippen molar-refractivity contribution in [3.63, 3.8) is 0 Å². The third kappa shape index (κ3) is 1.79. The van der Waals surface area contributed by atoms with E-state index in [4.69, 9.17) is 0 Å². The van der Waals surface area contributed by atoms with E-state index in [1.165, 1.54) is 0 Å². The van der Waals surface area contributed by atoms with Gasteiger partial charge in [0.05, 0.1) is 0 Å². The van der Waals surface area contributed by atoms with Gasteiger partial charge in [0.25, 0.3) is 0 Å². The van der Waals surface area contributed by atoms with Crippen molar-refractivity contribution in [3.8, 4) is 0 Å². The van der Waals surface area contributed by atoms with Gasteiger partial charge in [-0.05, 0) is 37.8 Å². The molecule has 1 fully saturated rings. The number of aryl methyl sites for hydroxylation is 2. The lowest BCUT2D eigenvalue weighted by atomic mass is 10.1. The molecule has 2 rings (SSSR count). The summed E-state index contributed by atoms with van der Waals surface area (Å²) in [6.07, 6.45) is 2.10. The highest BCUT2D eigenvalue weighted by molar-refractivity contribution is 5.95.